The molecule has 0 aliphatic heterocycles. The predicted octanol–water partition coefficient (Wildman–Crippen LogP) is 4.16. The highest BCUT2D eigenvalue weighted by atomic mass is 16.6. The van der Waals surface area contributed by atoms with E-state index in [1.807, 2.05) is 0 Å². The van der Waals surface area contributed by atoms with Crippen LogP contribution >= 0.6 is 0 Å². The van der Waals surface area contributed by atoms with Gasteiger partial charge in [0.25, 0.3) is 0 Å². The number of rotatable bonds is 25. The molecule has 7 heteroatoms. The number of unbranched alkanes of at least 4 members (excludes halogenated alkanes) is 6. The van der Waals surface area contributed by atoms with E-state index in [9.17, 15) is 4.79 Å². The molecule has 0 saturated heterocycles. The van der Waals surface area contributed by atoms with Crippen LogP contribution in [0.25, 0.3) is 0 Å². The Morgan fingerprint density at radius 1 is 0.467 bits per heavy atom. The van der Waals surface area contributed by atoms with Crippen LogP contribution in [0.2, 0.25) is 0 Å². The smallest absolute Gasteiger partial charge is 0.305 e. The van der Waals surface area contributed by atoms with Gasteiger partial charge in [0, 0.05) is 13.0 Å². The van der Waals surface area contributed by atoms with Crippen LogP contribution < -0.4 is 0 Å². The third kappa shape index (κ3) is 25.3. The zero-order valence-corrected chi connectivity index (χ0v) is 19.5. The lowest BCUT2D eigenvalue weighted by Crippen LogP contribution is -2.15. The first-order valence-corrected chi connectivity index (χ1v) is 11.9. The highest BCUT2D eigenvalue weighted by molar-refractivity contribution is 5.69. The number of hydrogen-bond acceptors (Lipinski definition) is 7. The van der Waals surface area contributed by atoms with E-state index in [-0.39, 0.29) is 5.97 Å². The van der Waals surface area contributed by atoms with Gasteiger partial charge in [0.05, 0.1) is 59.5 Å². The standard InChI is InChI=1S/C23H46O7/c1-3-5-7-8-9-11-23(24)30-22-21-29-20-19-28-18-17-27-16-15-26-14-13-25-12-10-6-4-2/h3-22H2,1-2H3. The third-order valence-corrected chi connectivity index (χ3v) is 4.36. The highest BCUT2D eigenvalue weighted by Gasteiger charge is 2.02. The number of carbonyl (C=O) groups excluding carboxylic acids is 1. The van der Waals surface area contributed by atoms with Crippen molar-refractivity contribution < 1.29 is 33.2 Å². The van der Waals surface area contributed by atoms with Gasteiger partial charge in [-0.1, -0.05) is 52.4 Å². The molecule has 0 heterocycles. The van der Waals surface area contributed by atoms with Gasteiger partial charge in [0.2, 0.25) is 0 Å². The summed E-state index contributed by atoms with van der Waals surface area (Å²) in [6, 6.07) is 0. The van der Waals surface area contributed by atoms with E-state index in [4.69, 9.17) is 28.4 Å². The SMILES string of the molecule is CCCCCCCC(=O)OCCOCCOCCOCCOCCOCCCCC. The van der Waals surface area contributed by atoms with Gasteiger partial charge in [0.1, 0.15) is 6.61 Å². The summed E-state index contributed by atoms with van der Waals surface area (Å²) in [7, 11) is 0. The molecule has 0 aromatic heterocycles. The van der Waals surface area contributed by atoms with Gasteiger partial charge >= 0.3 is 5.97 Å². The van der Waals surface area contributed by atoms with Crippen molar-refractivity contribution in [3.8, 4) is 0 Å². The number of ether oxygens (including phenoxy) is 6. The van der Waals surface area contributed by atoms with Crippen LogP contribution in [0.3, 0.4) is 0 Å². The van der Waals surface area contributed by atoms with Crippen LogP contribution in [0.4, 0.5) is 0 Å². The molecule has 0 N–H and O–H groups in total. The van der Waals surface area contributed by atoms with Crippen LogP contribution in [-0.4, -0.2) is 78.6 Å². The van der Waals surface area contributed by atoms with Crippen molar-refractivity contribution in [2.24, 2.45) is 0 Å². The van der Waals surface area contributed by atoms with E-state index in [2.05, 4.69) is 13.8 Å². The van der Waals surface area contributed by atoms with Gasteiger partial charge in [-0.25, -0.2) is 0 Å². The molecule has 0 amide bonds. The second kappa shape index (κ2) is 26.3. The molecule has 180 valence electrons. The lowest BCUT2D eigenvalue weighted by Gasteiger charge is -2.08. The van der Waals surface area contributed by atoms with Crippen LogP contribution in [0.5, 0.6) is 0 Å². The van der Waals surface area contributed by atoms with E-state index in [1.165, 1.54) is 32.1 Å². The molecule has 0 aliphatic carbocycles. The fraction of sp³-hybridized carbons (Fsp3) is 0.957. The van der Waals surface area contributed by atoms with Crippen molar-refractivity contribution in [2.75, 3.05) is 72.7 Å². The molecule has 0 unspecified atom stereocenters. The summed E-state index contributed by atoms with van der Waals surface area (Å²) in [6.45, 7) is 10.3. The lowest BCUT2D eigenvalue weighted by atomic mass is 10.1. The van der Waals surface area contributed by atoms with E-state index >= 15 is 0 Å². The Morgan fingerprint density at radius 2 is 0.867 bits per heavy atom. The van der Waals surface area contributed by atoms with Crippen LogP contribution in [0.1, 0.15) is 71.6 Å². The van der Waals surface area contributed by atoms with Crippen LogP contribution in [-0.2, 0) is 33.2 Å². The highest BCUT2D eigenvalue weighted by Crippen LogP contribution is 2.05. The zero-order valence-electron chi connectivity index (χ0n) is 19.5. The topological polar surface area (TPSA) is 72.5 Å². The fourth-order valence-corrected chi connectivity index (χ4v) is 2.60. The zero-order chi connectivity index (χ0) is 22.0. The summed E-state index contributed by atoms with van der Waals surface area (Å²) in [4.78, 5) is 11.5. The van der Waals surface area contributed by atoms with Crippen molar-refractivity contribution >= 4 is 5.97 Å². The van der Waals surface area contributed by atoms with E-state index < -0.39 is 0 Å². The van der Waals surface area contributed by atoms with Crippen molar-refractivity contribution in [1.82, 2.24) is 0 Å². The molecule has 0 bridgehead atoms. The molecule has 0 atom stereocenters. The average Bonchev–Trinajstić information content (AvgIpc) is 2.75. The summed E-state index contributed by atoms with van der Waals surface area (Å²) < 4.78 is 32.3. The minimum Gasteiger partial charge on any atom is -0.463 e. The molecule has 0 aliphatic rings. The van der Waals surface area contributed by atoms with E-state index in [1.54, 1.807) is 0 Å². The van der Waals surface area contributed by atoms with E-state index in [0.29, 0.717) is 72.5 Å². The minimum absolute atomic E-state index is 0.132. The second-order valence-electron chi connectivity index (χ2n) is 7.15. The van der Waals surface area contributed by atoms with Gasteiger partial charge in [-0.05, 0) is 12.8 Å². The molecule has 30 heavy (non-hydrogen) atoms. The Balaban J connectivity index is 3.08. The maximum atomic E-state index is 11.5. The average molecular weight is 435 g/mol. The Labute approximate surface area is 184 Å². The molecule has 0 radical (unpaired) electrons. The van der Waals surface area contributed by atoms with Gasteiger partial charge in [-0.2, -0.15) is 0 Å². The monoisotopic (exact) mass is 434 g/mol. The molecule has 7 nitrogen and oxygen atoms in total. The summed E-state index contributed by atoms with van der Waals surface area (Å²) in [5, 5.41) is 0. The molecular weight excluding hydrogens is 388 g/mol. The Morgan fingerprint density at radius 3 is 1.37 bits per heavy atom. The molecule has 0 rings (SSSR count). The number of carbonyl (C=O) groups is 1. The quantitative estimate of drug-likeness (QED) is 0.158. The van der Waals surface area contributed by atoms with Crippen LogP contribution in [0, 0.1) is 0 Å². The maximum absolute atomic E-state index is 11.5. The molecule has 0 aromatic rings. The first-order valence-electron chi connectivity index (χ1n) is 11.9. The lowest BCUT2D eigenvalue weighted by molar-refractivity contribution is -0.145. The van der Waals surface area contributed by atoms with Gasteiger partial charge < -0.3 is 28.4 Å². The van der Waals surface area contributed by atoms with Crippen LogP contribution in [0.15, 0.2) is 0 Å². The van der Waals surface area contributed by atoms with Gasteiger partial charge in [-0.15, -0.1) is 0 Å². The molecule has 0 fully saturated rings. The van der Waals surface area contributed by atoms with Crippen molar-refractivity contribution in [3.05, 3.63) is 0 Å². The van der Waals surface area contributed by atoms with Gasteiger partial charge in [-0.3, -0.25) is 4.79 Å². The van der Waals surface area contributed by atoms with Crippen molar-refractivity contribution in [2.45, 2.75) is 71.6 Å². The fourth-order valence-electron chi connectivity index (χ4n) is 2.60. The Kier molecular flexibility index (Phi) is 25.7. The first kappa shape index (κ1) is 29.3. The molecule has 0 spiro atoms. The molecular formula is C23H46O7. The molecule has 0 saturated carbocycles. The minimum atomic E-state index is -0.132. The Bertz CT molecular complexity index is 340. The second-order valence-corrected chi connectivity index (χ2v) is 7.15. The number of hydrogen-bond donors (Lipinski definition) is 0. The maximum Gasteiger partial charge on any atom is 0.305 e. The molecule has 0 aromatic carbocycles. The summed E-state index contributed by atoms with van der Waals surface area (Å²) in [5.41, 5.74) is 0. The van der Waals surface area contributed by atoms with Crippen molar-refractivity contribution in [1.29, 1.82) is 0 Å². The summed E-state index contributed by atoms with van der Waals surface area (Å²) in [6.07, 6.45) is 9.71. The first-order chi connectivity index (χ1) is 14.8. The van der Waals surface area contributed by atoms with Crippen molar-refractivity contribution in [3.63, 3.8) is 0 Å². The third-order valence-electron chi connectivity index (χ3n) is 4.36. The Hall–Kier alpha value is -0.730. The van der Waals surface area contributed by atoms with E-state index in [0.717, 1.165) is 25.9 Å². The summed E-state index contributed by atoms with van der Waals surface area (Å²) >= 11 is 0. The largest absolute Gasteiger partial charge is 0.463 e. The normalized spacial score (nSPS) is 11.1. The van der Waals surface area contributed by atoms with Gasteiger partial charge in [0.15, 0.2) is 0 Å². The number of esters is 1. The summed E-state index contributed by atoms with van der Waals surface area (Å²) in [5.74, 6) is -0.132. The predicted molar refractivity (Wildman–Crippen MR) is 118 cm³/mol.